The zero-order valence-electron chi connectivity index (χ0n) is 11.1. The van der Waals surface area contributed by atoms with Gasteiger partial charge in [0.25, 0.3) is 5.56 Å². The van der Waals surface area contributed by atoms with Gasteiger partial charge >= 0.3 is 13.5 Å². The molecule has 2 heterocycles. The molecule has 12 heteroatoms. The highest BCUT2D eigenvalue weighted by molar-refractivity contribution is 7.46. The van der Waals surface area contributed by atoms with Gasteiger partial charge in [0.15, 0.2) is 0 Å². The van der Waals surface area contributed by atoms with E-state index in [-0.39, 0.29) is 6.61 Å². The van der Waals surface area contributed by atoms with Crippen LogP contribution in [0.3, 0.4) is 0 Å². The lowest BCUT2D eigenvalue weighted by molar-refractivity contribution is -0.169. The van der Waals surface area contributed by atoms with Gasteiger partial charge < -0.3 is 24.7 Å². The highest BCUT2D eigenvalue weighted by atomic mass is 31.2. The van der Waals surface area contributed by atoms with Crippen molar-refractivity contribution in [2.45, 2.75) is 24.4 Å². The summed E-state index contributed by atoms with van der Waals surface area (Å²) in [5.41, 5.74) is -1.39. The van der Waals surface area contributed by atoms with Gasteiger partial charge in [0.1, 0.15) is 18.3 Å². The van der Waals surface area contributed by atoms with E-state index in [0.29, 0.717) is 0 Å². The molecule has 0 aromatic carbocycles. The van der Waals surface area contributed by atoms with Crippen molar-refractivity contribution in [3.8, 4) is 0 Å². The first-order valence-electron chi connectivity index (χ1n) is 6.18. The number of H-pyrrole nitrogens is 1. The van der Waals surface area contributed by atoms with Crippen LogP contribution in [0, 0.1) is 0 Å². The molecule has 1 aliphatic rings. The molecule has 1 aromatic heterocycles. The second-order valence-corrected chi connectivity index (χ2v) is 5.96. The van der Waals surface area contributed by atoms with E-state index in [2.05, 4.69) is 4.52 Å². The summed E-state index contributed by atoms with van der Waals surface area (Å²) in [7, 11) is -4.73. The number of nitrogens with zero attached hydrogens (tertiary/aromatic N) is 1. The Morgan fingerprint density at radius 2 is 2.05 bits per heavy atom. The fourth-order valence-electron chi connectivity index (χ4n) is 2.12. The molecule has 124 valence electrons. The van der Waals surface area contributed by atoms with Crippen molar-refractivity contribution in [3.05, 3.63) is 33.1 Å². The lowest BCUT2D eigenvalue weighted by Gasteiger charge is -2.37. The highest BCUT2D eigenvalue weighted by Crippen LogP contribution is 2.37. The molecule has 0 saturated carbocycles. The first-order valence-corrected chi connectivity index (χ1v) is 7.71. The van der Waals surface area contributed by atoms with E-state index in [4.69, 9.17) is 14.5 Å². The number of aliphatic hydroxyl groups is 2. The second-order valence-electron chi connectivity index (χ2n) is 4.72. The van der Waals surface area contributed by atoms with Crippen LogP contribution in [0.1, 0.15) is 6.04 Å². The van der Waals surface area contributed by atoms with Gasteiger partial charge in [-0.25, -0.2) is 9.36 Å². The Morgan fingerprint density at radius 3 is 2.64 bits per heavy atom. The van der Waals surface area contributed by atoms with Crippen LogP contribution < -0.4 is 11.2 Å². The summed E-state index contributed by atoms with van der Waals surface area (Å²) in [6, 6.07) is 0.106. The second kappa shape index (κ2) is 6.42. The van der Waals surface area contributed by atoms with Gasteiger partial charge in [0, 0.05) is 12.3 Å². The average molecular weight is 338 g/mol. The first kappa shape index (κ1) is 17.0. The van der Waals surface area contributed by atoms with Gasteiger partial charge in [-0.15, -0.1) is 0 Å². The van der Waals surface area contributed by atoms with Crippen molar-refractivity contribution in [2.24, 2.45) is 0 Å². The minimum atomic E-state index is -4.73. The Hall–Kier alpha value is -1.33. The Bertz CT molecular complexity index is 679. The van der Waals surface area contributed by atoms with Crippen molar-refractivity contribution in [2.75, 3.05) is 13.2 Å². The maximum Gasteiger partial charge on any atom is 0.469 e. The van der Waals surface area contributed by atoms with E-state index in [1.54, 1.807) is 0 Å². The topological polar surface area (TPSA) is 171 Å². The summed E-state index contributed by atoms with van der Waals surface area (Å²) < 4.78 is 21.0. The Labute approximate surface area is 123 Å². The first-order chi connectivity index (χ1) is 10.2. The predicted octanol–water partition coefficient (Wildman–Crippen LogP) is -2.69. The Morgan fingerprint density at radius 1 is 1.36 bits per heavy atom. The quantitative estimate of drug-likeness (QED) is 0.366. The fourth-order valence-corrected chi connectivity index (χ4v) is 2.46. The van der Waals surface area contributed by atoms with Crippen molar-refractivity contribution >= 4 is 7.82 Å². The number of ether oxygens (including phenoxy) is 1. The van der Waals surface area contributed by atoms with E-state index in [0.717, 1.165) is 16.8 Å². The normalized spacial score (nSPS) is 29.5. The monoisotopic (exact) mass is 338 g/mol. The maximum atomic E-state index is 11.7. The van der Waals surface area contributed by atoms with Crippen LogP contribution >= 0.6 is 7.82 Å². The van der Waals surface area contributed by atoms with Crippen LogP contribution in [-0.4, -0.2) is 61.1 Å². The molecule has 1 aliphatic heterocycles. The van der Waals surface area contributed by atoms with Crippen LogP contribution in [0.15, 0.2) is 21.9 Å². The molecule has 1 aromatic rings. The standard InChI is InChI=1S/C10H15N2O9P/c13-7-1-2-12(10(16)11-7)5-3-20-6(9(15)8(5)14)4-21-22(17,18)19/h1-2,5-6,8-9,14-15H,3-4H2,(H,11,13,16)(H2,17,18,19)/t5-,6-,8+,9-/m1/s1. The number of hydrogen-bond acceptors (Lipinski definition) is 7. The van der Waals surface area contributed by atoms with Crippen LogP contribution in [-0.2, 0) is 13.8 Å². The molecule has 1 fully saturated rings. The number of aromatic amines is 1. The average Bonchev–Trinajstić information content (AvgIpc) is 2.40. The summed E-state index contributed by atoms with van der Waals surface area (Å²) in [5.74, 6) is 0. The smallest absolute Gasteiger partial charge is 0.388 e. The summed E-state index contributed by atoms with van der Waals surface area (Å²) in [4.78, 5) is 41.9. The Balaban J connectivity index is 2.12. The van der Waals surface area contributed by atoms with Gasteiger partial charge in [-0.1, -0.05) is 0 Å². The predicted molar refractivity (Wildman–Crippen MR) is 70.1 cm³/mol. The van der Waals surface area contributed by atoms with E-state index in [1.165, 1.54) is 0 Å². The van der Waals surface area contributed by atoms with Crippen molar-refractivity contribution in [1.82, 2.24) is 9.55 Å². The SMILES string of the molecule is O=c1ccn([C@@H]2CO[C@H](COP(=O)(O)O)[C@@H](O)[C@H]2O)c(=O)[nH]1. The molecule has 4 atom stereocenters. The molecule has 0 aliphatic carbocycles. The minimum Gasteiger partial charge on any atom is -0.388 e. The largest absolute Gasteiger partial charge is 0.469 e. The molecular weight excluding hydrogens is 323 g/mol. The van der Waals surface area contributed by atoms with E-state index >= 15 is 0 Å². The molecule has 0 amide bonds. The maximum absolute atomic E-state index is 11.7. The zero-order valence-corrected chi connectivity index (χ0v) is 12.0. The van der Waals surface area contributed by atoms with Crippen LogP contribution in [0.5, 0.6) is 0 Å². The zero-order chi connectivity index (χ0) is 16.5. The number of hydrogen-bond donors (Lipinski definition) is 5. The third kappa shape index (κ3) is 3.90. The molecule has 0 spiro atoms. The van der Waals surface area contributed by atoms with Crippen molar-refractivity contribution < 1.29 is 33.8 Å². The molecule has 0 bridgehead atoms. The van der Waals surface area contributed by atoms with Crippen molar-refractivity contribution in [1.29, 1.82) is 0 Å². The molecule has 2 rings (SSSR count). The summed E-state index contributed by atoms with van der Waals surface area (Å²) in [5, 5.41) is 20.0. The van der Waals surface area contributed by atoms with Gasteiger partial charge in [0.2, 0.25) is 0 Å². The third-order valence-electron chi connectivity index (χ3n) is 3.22. The van der Waals surface area contributed by atoms with Gasteiger partial charge in [-0.3, -0.25) is 18.9 Å². The van der Waals surface area contributed by atoms with Gasteiger partial charge in [0.05, 0.1) is 19.3 Å². The van der Waals surface area contributed by atoms with E-state index in [1.807, 2.05) is 4.98 Å². The molecule has 0 radical (unpaired) electrons. The summed E-state index contributed by atoms with van der Waals surface area (Å²) in [6.45, 7) is -0.852. The molecule has 22 heavy (non-hydrogen) atoms. The van der Waals surface area contributed by atoms with E-state index in [9.17, 15) is 24.4 Å². The lowest BCUT2D eigenvalue weighted by Crippen LogP contribution is -2.54. The minimum absolute atomic E-state index is 0.223. The van der Waals surface area contributed by atoms with Gasteiger partial charge in [-0.2, -0.15) is 0 Å². The number of nitrogens with one attached hydrogen (secondary N) is 1. The summed E-state index contributed by atoms with van der Waals surface area (Å²) in [6.07, 6.45) is -3.01. The van der Waals surface area contributed by atoms with Gasteiger partial charge in [-0.05, 0) is 0 Å². The highest BCUT2D eigenvalue weighted by Gasteiger charge is 2.40. The number of aliphatic hydroxyl groups excluding tert-OH is 2. The molecule has 5 N–H and O–H groups in total. The molecule has 11 nitrogen and oxygen atoms in total. The van der Waals surface area contributed by atoms with Crippen molar-refractivity contribution in [3.63, 3.8) is 0 Å². The third-order valence-corrected chi connectivity index (χ3v) is 3.71. The van der Waals surface area contributed by atoms with Crippen LogP contribution in [0.4, 0.5) is 0 Å². The fraction of sp³-hybridized carbons (Fsp3) is 0.600. The lowest BCUT2D eigenvalue weighted by atomic mass is 9.98. The number of rotatable bonds is 4. The molecule has 0 unspecified atom stereocenters. The van der Waals surface area contributed by atoms with Crippen LogP contribution in [0.25, 0.3) is 0 Å². The molecule has 1 saturated heterocycles. The summed E-state index contributed by atoms with van der Waals surface area (Å²) >= 11 is 0. The number of phosphoric ester groups is 1. The number of aromatic nitrogens is 2. The number of phosphoric acid groups is 1. The Kier molecular flexibility index (Phi) is 4.97. The van der Waals surface area contributed by atoms with E-state index < -0.39 is 50.0 Å². The van der Waals surface area contributed by atoms with Crippen LogP contribution in [0.2, 0.25) is 0 Å². The molecular formula is C10H15N2O9P.